The van der Waals surface area contributed by atoms with E-state index in [0.717, 1.165) is 5.56 Å². The molecule has 0 aromatic heterocycles. The van der Waals surface area contributed by atoms with Crippen molar-refractivity contribution in [2.45, 2.75) is 19.1 Å². The molecule has 88 valence electrons. The molecule has 1 atom stereocenters. The average molecular weight is 287 g/mol. The first-order valence-corrected chi connectivity index (χ1v) is 6.16. The highest BCUT2D eigenvalue weighted by molar-refractivity contribution is 9.09. The van der Waals surface area contributed by atoms with Crippen LogP contribution >= 0.6 is 15.9 Å². The molecule has 0 aliphatic rings. The maximum atomic E-state index is 11.1. The molecule has 1 aromatic rings. The van der Waals surface area contributed by atoms with Crippen molar-refractivity contribution < 1.29 is 14.3 Å². The van der Waals surface area contributed by atoms with Crippen molar-refractivity contribution >= 4 is 21.9 Å². The zero-order valence-electron chi connectivity index (χ0n) is 9.19. The second-order valence-electron chi connectivity index (χ2n) is 3.35. The number of carbonyl (C=O) groups excluding carboxylic acids is 1. The van der Waals surface area contributed by atoms with Gasteiger partial charge in [-0.15, -0.1) is 0 Å². The largest absolute Gasteiger partial charge is 0.469 e. The lowest BCUT2D eigenvalue weighted by Gasteiger charge is -2.13. The molecule has 0 heterocycles. The summed E-state index contributed by atoms with van der Waals surface area (Å²) in [5.41, 5.74) is 1.10. The molecule has 4 heteroatoms. The maximum Gasteiger partial charge on any atom is 0.308 e. The lowest BCUT2D eigenvalue weighted by Crippen LogP contribution is -2.20. The molecular formula is C12H15BrO3. The average Bonchev–Trinajstić information content (AvgIpc) is 2.35. The molecule has 0 bridgehead atoms. The molecule has 3 nitrogen and oxygen atoms in total. The van der Waals surface area contributed by atoms with Crippen LogP contribution in [-0.4, -0.2) is 24.5 Å². The number of esters is 1. The fourth-order valence-corrected chi connectivity index (χ4v) is 1.63. The van der Waals surface area contributed by atoms with E-state index < -0.39 is 0 Å². The Hall–Kier alpha value is -0.870. The molecule has 0 aliphatic carbocycles. The summed E-state index contributed by atoms with van der Waals surface area (Å²) in [6.45, 7) is 0.508. The zero-order chi connectivity index (χ0) is 11.8. The SMILES string of the molecule is COC(=O)CC(CBr)OCc1ccccc1. The van der Waals surface area contributed by atoms with E-state index in [0.29, 0.717) is 11.9 Å². The number of benzene rings is 1. The van der Waals surface area contributed by atoms with Crippen LogP contribution in [0, 0.1) is 0 Å². The van der Waals surface area contributed by atoms with Crippen LogP contribution in [0.5, 0.6) is 0 Å². The van der Waals surface area contributed by atoms with Crippen LogP contribution in [0.1, 0.15) is 12.0 Å². The Morgan fingerprint density at radius 1 is 1.38 bits per heavy atom. The minimum Gasteiger partial charge on any atom is -0.469 e. The number of hydrogen-bond donors (Lipinski definition) is 0. The van der Waals surface area contributed by atoms with Crippen LogP contribution in [0.15, 0.2) is 30.3 Å². The maximum absolute atomic E-state index is 11.1. The van der Waals surface area contributed by atoms with Gasteiger partial charge in [0.1, 0.15) is 0 Å². The molecule has 0 saturated carbocycles. The number of rotatable bonds is 6. The molecule has 1 rings (SSSR count). The van der Waals surface area contributed by atoms with E-state index in [1.165, 1.54) is 7.11 Å². The Balaban J connectivity index is 2.37. The van der Waals surface area contributed by atoms with Gasteiger partial charge in [0.2, 0.25) is 0 Å². The molecule has 0 amide bonds. The van der Waals surface area contributed by atoms with Crippen molar-refractivity contribution in [3.05, 3.63) is 35.9 Å². The highest BCUT2D eigenvalue weighted by Crippen LogP contribution is 2.08. The van der Waals surface area contributed by atoms with E-state index >= 15 is 0 Å². The molecule has 0 saturated heterocycles. The number of halogens is 1. The number of ether oxygens (including phenoxy) is 2. The van der Waals surface area contributed by atoms with Crippen molar-refractivity contribution in [1.82, 2.24) is 0 Å². The van der Waals surface area contributed by atoms with Crippen molar-refractivity contribution in [3.63, 3.8) is 0 Å². The van der Waals surface area contributed by atoms with Crippen LogP contribution in [-0.2, 0) is 20.9 Å². The third-order valence-corrected chi connectivity index (χ3v) is 2.84. The normalized spacial score (nSPS) is 12.1. The second-order valence-corrected chi connectivity index (χ2v) is 4.00. The van der Waals surface area contributed by atoms with Gasteiger partial charge < -0.3 is 9.47 Å². The van der Waals surface area contributed by atoms with Gasteiger partial charge in [-0.1, -0.05) is 46.3 Å². The standard InChI is InChI=1S/C12H15BrO3/c1-15-12(14)7-11(8-13)16-9-10-5-3-2-4-6-10/h2-6,11H,7-9H2,1H3. The lowest BCUT2D eigenvalue weighted by atomic mass is 10.2. The van der Waals surface area contributed by atoms with E-state index in [9.17, 15) is 4.79 Å². The van der Waals surface area contributed by atoms with E-state index in [1.807, 2.05) is 30.3 Å². The van der Waals surface area contributed by atoms with Crippen LogP contribution in [0.3, 0.4) is 0 Å². The predicted octanol–water partition coefficient (Wildman–Crippen LogP) is 2.53. The molecule has 16 heavy (non-hydrogen) atoms. The smallest absolute Gasteiger partial charge is 0.308 e. The van der Waals surface area contributed by atoms with Gasteiger partial charge >= 0.3 is 5.97 Å². The van der Waals surface area contributed by atoms with E-state index in [1.54, 1.807) is 0 Å². The highest BCUT2D eigenvalue weighted by atomic mass is 79.9. The fraction of sp³-hybridized carbons (Fsp3) is 0.417. The summed E-state index contributed by atoms with van der Waals surface area (Å²) in [5.74, 6) is -0.252. The first-order valence-electron chi connectivity index (χ1n) is 5.04. The molecule has 0 spiro atoms. The van der Waals surface area contributed by atoms with Crippen LogP contribution in [0.4, 0.5) is 0 Å². The van der Waals surface area contributed by atoms with Crippen molar-refractivity contribution in [3.8, 4) is 0 Å². The van der Waals surface area contributed by atoms with Gasteiger partial charge in [0.25, 0.3) is 0 Å². The minimum absolute atomic E-state index is 0.146. The van der Waals surface area contributed by atoms with Crippen molar-refractivity contribution in [2.24, 2.45) is 0 Å². The van der Waals surface area contributed by atoms with Crippen LogP contribution in [0.25, 0.3) is 0 Å². The highest BCUT2D eigenvalue weighted by Gasteiger charge is 2.13. The Labute approximate surface area is 104 Å². The van der Waals surface area contributed by atoms with Crippen LogP contribution in [0.2, 0.25) is 0 Å². The summed E-state index contributed by atoms with van der Waals surface area (Å²) < 4.78 is 10.2. The molecule has 0 fully saturated rings. The van der Waals surface area contributed by atoms with Crippen molar-refractivity contribution in [2.75, 3.05) is 12.4 Å². The number of alkyl halides is 1. The van der Waals surface area contributed by atoms with Gasteiger partial charge in [-0.05, 0) is 5.56 Å². The summed E-state index contributed by atoms with van der Waals surface area (Å²) >= 11 is 3.31. The molecular weight excluding hydrogens is 272 g/mol. The van der Waals surface area contributed by atoms with E-state index in [4.69, 9.17) is 4.74 Å². The Morgan fingerprint density at radius 3 is 2.62 bits per heavy atom. The Bertz CT molecular complexity index is 313. The summed E-state index contributed by atoms with van der Waals surface area (Å²) in [6.07, 6.45) is 0.127. The van der Waals surface area contributed by atoms with E-state index in [2.05, 4.69) is 20.7 Å². The first kappa shape index (κ1) is 13.2. The molecule has 1 aromatic carbocycles. The van der Waals surface area contributed by atoms with Gasteiger partial charge in [-0.25, -0.2) is 0 Å². The van der Waals surface area contributed by atoms with Gasteiger partial charge in [0.05, 0.1) is 26.2 Å². The first-order chi connectivity index (χ1) is 7.76. The summed E-state index contributed by atoms with van der Waals surface area (Å²) in [7, 11) is 1.38. The van der Waals surface area contributed by atoms with Crippen LogP contribution < -0.4 is 0 Å². The van der Waals surface area contributed by atoms with Gasteiger partial charge in [-0.2, -0.15) is 0 Å². The van der Waals surface area contributed by atoms with Gasteiger partial charge in [0.15, 0.2) is 0 Å². The third kappa shape index (κ3) is 4.77. The van der Waals surface area contributed by atoms with Gasteiger partial charge in [0, 0.05) is 5.33 Å². The quantitative estimate of drug-likeness (QED) is 0.596. The summed E-state index contributed by atoms with van der Waals surface area (Å²) in [5, 5.41) is 0.620. The minimum atomic E-state index is -0.252. The number of carbonyl (C=O) groups is 1. The summed E-state index contributed by atoms with van der Waals surface area (Å²) in [4.78, 5) is 11.1. The molecule has 0 N–H and O–H groups in total. The fourth-order valence-electron chi connectivity index (χ4n) is 1.22. The summed E-state index contributed by atoms with van der Waals surface area (Å²) in [6, 6.07) is 9.86. The monoisotopic (exact) mass is 286 g/mol. The molecule has 0 radical (unpaired) electrons. The predicted molar refractivity (Wildman–Crippen MR) is 65.4 cm³/mol. The Kier molecular flexibility index (Phi) is 6.11. The number of methoxy groups -OCH3 is 1. The van der Waals surface area contributed by atoms with Crippen molar-refractivity contribution in [1.29, 1.82) is 0 Å². The molecule has 0 aliphatic heterocycles. The second kappa shape index (κ2) is 7.41. The van der Waals surface area contributed by atoms with E-state index in [-0.39, 0.29) is 18.5 Å². The topological polar surface area (TPSA) is 35.5 Å². The lowest BCUT2D eigenvalue weighted by molar-refractivity contribution is -0.143. The van der Waals surface area contributed by atoms with Gasteiger partial charge in [-0.3, -0.25) is 4.79 Å². The molecule has 1 unspecified atom stereocenters. The number of hydrogen-bond acceptors (Lipinski definition) is 3. The Morgan fingerprint density at radius 2 is 2.06 bits per heavy atom. The zero-order valence-corrected chi connectivity index (χ0v) is 10.8. The third-order valence-electron chi connectivity index (χ3n) is 2.12.